The van der Waals surface area contributed by atoms with Crippen LogP contribution >= 0.6 is 0 Å². The Morgan fingerprint density at radius 2 is 1.67 bits per heavy atom. The Balaban J connectivity index is 0.740. The van der Waals surface area contributed by atoms with Gasteiger partial charge < -0.3 is 30.3 Å². The first-order valence-electron chi connectivity index (χ1n) is 21.4. The monoisotopic (exact) mass is 838 g/mol. The van der Waals surface area contributed by atoms with Crippen molar-refractivity contribution in [3.8, 4) is 16.9 Å². The van der Waals surface area contributed by atoms with Crippen molar-refractivity contribution in [2.24, 2.45) is 0 Å². The number of benzene rings is 2. The van der Waals surface area contributed by atoms with Crippen molar-refractivity contribution < 1.29 is 33.0 Å². The third-order valence-electron chi connectivity index (χ3n) is 12.7. The van der Waals surface area contributed by atoms with Crippen molar-refractivity contribution in [1.29, 1.82) is 0 Å². The molecule has 0 bridgehead atoms. The highest BCUT2D eigenvalue weighted by Gasteiger charge is 2.36. The summed E-state index contributed by atoms with van der Waals surface area (Å²) in [6.07, 6.45) is 8.66. The minimum absolute atomic E-state index is 0.0158. The summed E-state index contributed by atoms with van der Waals surface area (Å²) in [6, 6.07) is 16.3. The quantitative estimate of drug-likeness (QED) is 0.136. The van der Waals surface area contributed by atoms with E-state index in [-0.39, 0.29) is 53.6 Å². The standard InChI is InChI=1S/C45H52F2N8O6/c46-36-27-32(49-38-13-14-39(56)51-42(38)58)9-12-35(36)29-15-21-53(22-16-29)23-17-45(60)18-24-54(25-19-45)44(59)61-34-10-7-31(8-11-34)50-43-48-28-37(47)41(52-43)30-4-3-5-33(26-30)55-20-2-1-6-40(55)57/h1-6,9,12,20,26-29,31,34,38,49,60H,7-8,10-11,13-19,21-25H2,(H,48,50,52)(H,51,56,58). The van der Waals surface area contributed by atoms with E-state index in [0.717, 1.165) is 38.7 Å². The van der Waals surface area contributed by atoms with Crippen LogP contribution < -0.4 is 21.5 Å². The molecule has 4 N–H and O–H groups in total. The van der Waals surface area contributed by atoms with Crippen molar-refractivity contribution in [3.05, 3.63) is 101 Å². The number of carbonyl (C=O) groups excluding carboxylic acids is 3. The predicted octanol–water partition coefficient (Wildman–Crippen LogP) is 5.75. The van der Waals surface area contributed by atoms with Gasteiger partial charge in [0.25, 0.3) is 5.56 Å². The fraction of sp³-hybridized carbons (Fsp3) is 0.467. The summed E-state index contributed by atoms with van der Waals surface area (Å²) < 4.78 is 37.6. The van der Waals surface area contributed by atoms with E-state index in [9.17, 15) is 28.7 Å². The van der Waals surface area contributed by atoms with Gasteiger partial charge in [0.1, 0.15) is 23.7 Å². The van der Waals surface area contributed by atoms with Gasteiger partial charge in [-0.25, -0.2) is 23.5 Å². The van der Waals surface area contributed by atoms with Gasteiger partial charge in [0.15, 0.2) is 5.82 Å². The number of hydrogen-bond donors (Lipinski definition) is 4. The van der Waals surface area contributed by atoms with E-state index < -0.39 is 23.4 Å². The molecule has 5 heterocycles. The van der Waals surface area contributed by atoms with Crippen LogP contribution in [0.2, 0.25) is 0 Å². The van der Waals surface area contributed by atoms with E-state index >= 15 is 4.39 Å². The Hall–Kier alpha value is -5.74. The van der Waals surface area contributed by atoms with E-state index in [1.165, 1.54) is 16.7 Å². The average molecular weight is 839 g/mol. The molecule has 1 saturated carbocycles. The molecule has 1 aliphatic carbocycles. The molecule has 0 radical (unpaired) electrons. The van der Waals surface area contributed by atoms with Crippen molar-refractivity contribution in [2.45, 2.75) is 100 Å². The maximum absolute atomic E-state index is 15.2. The second-order valence-electron chi connectivity index (χ2n) is 16.8. The Kier molecular flexibility index (Phi) is 12.7. The summed E-state index contributed by atoms with van der Waals surface area (Å²) in [5.41, 5.74) is 1.34. The molecule has 4 fully saturated rings. The number of ether oxygens (including phenoxy) is 1. The zero-order valence-corrected chi connectivity index (χ0v) is 34.0. The molecule has 16 heteroatoms. The molecular weight excluding hydrogens is 787 g/mol. The SMILES string of the molecule is O=C1CCC(Nc2ccc(C3CCN(CCC4(O)CCN(C(=O)OC5CCC(Nc6ncc(F)c(-c7cccc(-n8ccccc8=O)c7)n6)CC5)CC4)CC3)c(F)c2)C(=O)N1. The highest BCUT2D eigenvalue weighted by atomic mass is 19.1. The summed E-state index contributed by atoms with van der Waals surface area (Å²) >= 11 is 0. The van der Waals surface area contributed by atoms with E-state index in [4.69, 9.17) is 4.74 Å². The molecule has 322 valence electrons. The Labute approximate surface area is 352 Å². The van der Waals surface area contributed by atoms with Crippen molar-refractivity contribution in [3.63, 3.8) is 0 Å². The summed E-state index contributed by atoms with van der Waals surface area (Å²) in [6.45, 7) is 3.13. The maximum Gasteiger partial charge on any atom is 0.410 e. The van der Waals surface area contributed by atoms with Crippen molar-refractivity contribution in [2.75, 3.05) is 43.4 Å². The average Bonchev–Trinajstić information content (AvgIpc) is 3.26. The summed E-state index contributed by atoms with van der Waals surface area (Å²) in [5.74, 6) is -1.20. The molecule has 0 spiro atoms. The van der Waals surface area contributed by atoms with Crippen LogP contribution in [0, 0.1) is 11.6 Å². The van der Waals surface area contributed by atoms with Crippen molar-refractivity contribution in [1.82, 2.24) is 29.7 Å². The van der Waals surface area contributed by atoms with Gasteiger partial charge in [-0.15, -0.1) is 0 Å². The van der Waals surface area contributed by atoms with Gasteiger partial charge in [-0.05, 0) is 119 Å². The van der Waals surface area contributed by atoms with Gasteiger partial charge in [-0.2, -0.15) is 0 Å². The number of anilines is 2. The lowest BCUT2D eigenvalue weighted by Crippen LogP contribution is -2.49. The van der Waals surface area contributed by atoms with E-state index in [2.05, 4.69) is 30.8 Å². The molecule has 3 amide bonds. The molecule has 4 aliphatic rings. The lowest BCUT2D eigenvalue weighted by atomic mass is 9.86. The molecule has 1 unspecified atom stereocenters. The Morgan fingerprint density at radius 3 is 2.41 bits per heavy atom. The fourth-order valence-corrected chi connectivity index (χ4v) is 8.98. The molecule has 2 aromatic heterocycles. The number of hydrogen-bond acceptors (Lipinski definition) is 11. The van der Waals surface area contributed by atoms with Gasteiger partial charge in [0.05, 0.1) is 11.8 Å². The second kappa shape index (κ2) is 18.5. The second-order valence-corrected chi connectivity index (χ2v) is 16.8. The van der Waals surface area contributed by atoms with Crippen LogP contribution in [0.25, 0.3) is 16.9 Å². The molecule has 1 atom stereocenters. The minimum Gasteiger partial charge on any atom is -0.446 e. The predicted molar refractivity (Wildman–Crippen MR) is 224 cm³/mol. The van der Waals surface area contributed by atoms with E-state index in [1.54, 1.807) is 59.6 Å². The lowest BCUT2D eigenvalue weighted by Gasteiger charge is -2.40. The molecule has 3 saturated heterocycles. The van der Waals surface area contributed by atoms with Crippen LogP contribution in [-0.4, -0.2) is 104 Å². The highest BCUT2D eigenvalue weighted by molar-refractivity contribution is 6.01. The molecule has 8 rings (SSSR count). The van der Waals surface area contributed by atoms with Gasteiger partial charge in [-0.3, -0.25) is 24.3 Å². The number of halogens is 2. The van der Waals surface area contributed by atoms with Crippen LogP contribution in [0.3, 0.4) is 0 Å². The third kappa shape index (κ3) is 10.2. The molecule has 3 aliphatic heterocycles. The van der Waals surface area contributed by atoms with Gasteiger partial charge in [0.2, 0.25) is 17.8 Å². The van der Waals surface area contributed by atoms with Gasteiger partial charge >= 0.3 is 6.09 Å². The number of likely N-dealkylation sites (tertiary alicyclic amines) is 2. The molecule has 4 aromatic rings. The highest BCUT2D eigenvalue weighted by Crippen LogP contribution is 2.34. The first-order valence-corrected chi connectivity index (χ1v) is 21.4. The van der Waals surface area contributed by atoms with Crippen LogP contribution in [0.4, 0.5) is 25.2 Å². The first-order chi connectivity index (χ1) is 29.5. The van der Waals surface area contributed by atoms with E-state index in [1.807, 2.05) is 0 Å². The third-order valence-corrected chi connectivity index (χ3v) is 12.7. The summed E-state index contributed by atoms with van der Waals surface area (Å²) in [7, 11) is 0. The number of imide groups is 1. The fourth-order valence-electron chi connectivity index (χ4n) is 8.98. The number of pyridine rings is 1. The number of aliphatic hydroxyl groups is 1. The molecule has 14 nitrogen and oxygen atoms in total. The number of nitrogens with one attached hydrogen (secondary N) is 3. The summed E-state index contributed by atoms with van der Waals surface area (Å²) in [5, 5.41) is 20.1. The minimum atomic E-state index is -0.874. The molecule has 2 aromatic carbocycles. The van der Waals surface area contributed by atoms with Gasteiger partial charge in [-0.1, -0.05) is 24.3 Å². The lowest BCUT2D eigenvalue weighted by molar-refractivity contribution is -0.133. The maximum atomic E-state index is 15.2. The number of aromatic nitrogens is 3. The normalized spacial score (nSPS) is 22.3. The topological polar surface area (TPSA) is 171 Å². The van der Waals surface area contributed by atoms with Crippen LogP contribution in [0.1, 0.15) is 82.1 Å². The number of carbonyl (C=O) groups is 3. The number of nitrogens with zero attached hydrogens (tertiary/aromatic N) is 5. The number of rotatable bonds is 11. The smallest absolute Gasteiger partial charge is 0.410 e. The van der Waals surface area contributed by atoms with Crippen LogP contribution in [-0.2, 0) is 14.3 Å². The number of piperidine rings is 3. The largest absolute Gasteiger partial charge is 0.446 e. The number of amides is 3. The van der Waals surface area contributed by atoms with Crippen LogP contribution in [0.5, 0.6) is 0 Å². The zero-order chi connectivity index (χ0) is 42.5. The molecule has 61 heavy (non-hydrogen) atoms. The summed E-state index contributed by atoms with van der Waals surface area (Å²) in [4.78, 5) is 61.7. The van der Waals surface area contributed by atoms with E-state index in [0.29, 0.717) is 92.9 Å². The Bertz CT molecular complexity index is 2280. The first kappa shape index (κ1) is 42.0. The molecular formula is C45H52F2N8O6. The van der Waals surface area contributed by atoms with Gasteiger partial charge in [0, 0.05) is 61.3 Å². The Morgan fingerprint density at radius 1 is 0.885 bits per heavy atom. The van der Waals surface area contributed by atoms with Crippen LogP contribution in [0.15, 0.2) is 77.9 Å². The van der Waals surface area contributed by atoms with Crippen molar-refractivity contribution >= 4 is 29.5 Å². The zero-order valence-electron chi connectivity index (χ0n) is 34.0.